The first-order valence-corrected chi connectivity index (χ1v) is 6.62. The zero-order valence-electron chi connectivity index (χ0n) is 12.1. The van der Waals surface area contributed by atoms with Crippen LogP contribution in [0.1, 0.15) is 29.8 Å². The first-order chi connectivity index (χ1) is 10.1. The molecular formula is C15H18N2O4. The largest absolute Gasteiger partial charge is 0.465 e. The Morgan fingerprint density at radius 3 is 2.81 bits per heavy atom. The van der Waals surface area contributed by atoms with Gasteiger partial charge in [0.1, 0.15) is 13.2 Å². The molecule has 1 amide bonds. The molecule has 1 rings (SSSR count). The number of aliphatic hydroxyl groups excluding tert-OH is 1. The number of nitrogens with zero attached hydrogens (tertiary/aromatic N) is 2. The molecule has 112 valence electrons. The van der Waals surface area contributed by atoms with Crippen LogP contribution in [0.5, 0.6) is 0 Å². The average molecular weight is 290 g/mol. The molecule has 1 N–H and O–H groups in total. The maximum Gasteiger partial charge on any atom is 0.325 e. The van der Waals surface area contributed by atoms with E-state index in [0.29, 0.717) is 17.7 Å². The minimum Gasteiger partial charge on any atom is -0.465 e. The van der Waals surface area contributed by atoms with Crippen LogP contribution in [0, 0.1) is 11.8 Å². The van der Waals surface area contributed by atoms with Gasteiger partial charge in [-0.05, 0) is 19.9 Å². The highest BCUT2D eigenvalue weighted by Gasteiger charge is 2.20. The van der Waals surface area contributed by atoms with Crippen LogP contribution in [0.25, 0.3) is 0 Å². The van der Waals surface area contributed by atoms with Crippen molar-refractivity contribution in [2.45, 2.75) is 13.8 Å². The van der Waals surface area contributed by atoms with Gasteiger partial charge >= 0.3 is 5.97 Å². The van der Waals surface area contributed by atoms with E-state index in [2.05, 4.69) is 16.8 Å². The van der Waals surface area contributed by atoms with E-state index in [1.54, 1.807) is 13.8 Å². The lowest BCUT2D eigenvalue weighted by molar-refractivity contribution is -0.143. The van der Waals surface area contributed by atoms with Gasteiger partial charge in [0, 0.05) is 18.9 Å². The van der Waals surface area contributed by atoms with Gasteiger partial charge in [-0.25, -0.2) is 0 Å². The topological polar surface area (TPSA) is 79.7 Å². The number of pyridine rings is 1. The zero-order valence-corrected chi connectivity index (χ0v) is 12.1. The molecule has 0 aliphatic rings. The number of esters is 1. The minimum atomic E-state index is -0.454. The molecule has 0 radical (unpaired) electrons. The van der Waals surface area contributed by atoms with E-state index in [1.807, 2.05) is 0 Å². The van der Waals surface area contributed by atoms with Gasteiger partial charge in [-0.1, -0.05) is 11.8 Å². The van der Waals surface area contributed by atoms with E-state index in [0.717, 1.165) is 0 Å². The van der Waals surface area contributed by atoms with Crippen molar-refractivity contribution < 1.29 is 19.4 Å². The van der Waals surface area contributed by atoms with Gasteiger partial charge in [-0.2, -0.15) is 0 Å². The van der Waals surface area contributed by atoms with Crippen molar-refractivity contribution >= 4 is 11.9 Å². The smallest absolute Gasteiger partial charge is 0.325 e. The lowest BCUT2D eigenvalue weighted by Crippen LogP contribution is -2.36. The van der Waals surface area contributed by atoms with Gasteiger partial charge < -0.3 is 14.7 Å². The first-order valence-electron chi connectivity index (χ1n) is 6.62. The summed E-state index contributed by atoms with van der Waals surface area (Å²) in [6.45, 7) is 3.71. The maximum absolute atomic E-state index is 12.5. The average Bonchev–Trinajstić information content (AvgIpc) is 2.50. The lowest BCUT2D eigenvalue weighted by Gasteiger charge is -2.20. The van der Waals surface area contributed by atoms with Gasteiger partial charge in [0.25, 0.3) is 5.91 Å². The SMILES string of the molecule is CCOC(=O)CN(CC)C(=O)c1ccncc1C#CCO. The first kappa shape index (κ1) is 16.7. The highest BCUT2D eigenvalue weighted by molar-refractivity contribution is 5.98. The second kappa shape index (κ2) is 8.72. The van der Waals surface area contributed by atoms with E-state index in [4.69, 9.17) is 9.84 Å². The molecule has 0 bridgehead atoms. The monoisotopic (exact) mass is 290 g/mol. The Kier molecular flexibility index (Phi) is 6.92. The highest BCUT2D eigenvalue weighted by atomic mass is 16.5. The number of amides is 1. The standard InChI is InChI=1S/C15H18N2O4/c1-3-17(11-14(19)21-4-2)15(20)13-7-8-16-10-12(13)6-5-9-18/h7-8,10,18H,3-4,9,11H2,1-2H3. The molecule has 1 aromatic rings. The van der Waals surface area contributed by atoms with Gasteiger partial charge in [0.05, 0.1) is 17.7 Å². The highest BCUT2D eigenvalue weighted by Crippen LogP contribution is 2.10. The van der Waals surface area contributed by atoms with Crippen molar-refractivity contribution in [2.75, 3.05) is 26.3 Å². The predicted molar refractivity (Wildman–Crippen MR) is 76.4 cm³/mol. The van der Waals surface area contributed by atoms with Gasteiger partial charge in [0.2, 0.25) is 0 Å². The predicted octanol–water partition coefficient (Wildman–Crippen LogP) is 0.451. The molecule has 0 spiro atoms. The molecule has 0 aromatic carbocycles. The van der Waals surface area contributed by atoms with Gasteiger partial charge in [0.15, 0.2) is 0 Å². The molecule has 6 heteroatoms. The molecule has 1 aromatic heterocycles. The Hall–Kier alpha value is -2.39. The van der Waals surface area contributed by atoms with Crippen LogP contribution in [0.3, 0.4) is 0 Å². The fourth-order valence-corrected chi connectivity index (χ4v) is 1.68. The summed E-state index contributed by atoms with van der Waals surface area (Å²) >= 11 is 0. The van der Waals surface area contributed by atoms with Gasteiger partial charge in [-0.15, -0.1) is 0 Å². The summed E-state index contributed by atoms with van der Waals surface area (Å²) in [5.74, 6) is 4.38. The van der Waals surface area contributed by atoms with Crippen molar-refractivity contribution in [3.8, 4) is 11.8 Å². The van der Waals surface area contributed by atoms with Crippen molar-refractivity contribution in [2.24, 2.45) is 0 Å². The van der Waals surface area contributed by atoms with Crippen molar-refractivity contribution in [3.05, 3.63) is 29.6 Å². The third kappa shape index (κ3) is 4.89. The fraction of sp³-hybridized carbons (Fsp3) is 0.400. The molecule has 21 heavy (non-hydrogen) atoms. The van der Waals surface area contributed by atoms with E-state index < -0.39 is 5.97 Å². The number of hydrogen-bond acceptors (Lipinski definition) is 5. The Balaban J connectivity index is 2.97. The fourth-order valence-electron chi connectivity index (χ4n) is 1.68. The molecule has 0 aliphatic carbocycles. The third-order valence-corrected chi connectivity index (χ3v) is 2.65. The number of likely N-dealkylation sites (N-methyl/N-ethyl adjacent to an activating group) is 1. The number of carbonyl (C=O) groups is 2. The molecule has 0 atom stereocenters. The summed E-state index contributed by atoms with van der Waals surface area (Å²) in [4.78, 5) is 29.3. The van der Waals surface area contributed by atoms with Crippen LogP contribution in [-0.4, -0.2) is 53.2 Å². The van der Waals surface area contributed by atoms with Crippen molar-refractivity contribution in [3.63, 3.8) is 0 Å². The van der Waals surface area contributed by atoms with Crippen LogP contribution < -0.4 is 0 Å². The van der Waals surface area contributed by atoms with Crippen LogP contribution in [0.4, 0.5) is 0 Å². The number of carbonyl (C=O) groups excluding carboxylic acids is 2. The Labute approximate surface area is 123 Å². The van der Waals surface area contributed by atoms with E-state index in [9.17, 15) is 9.59 Å². The summed E-state index contributed by atoms with van der Waals surface area (Å²) in [5.41, 5.74) is 0.760. The molecule has 0 unspecified atom stereocenters. The molecule has 1 heterocycles. The number of rotatable bonds is 5. The molecule has 0 aliphatic heterocycles. The van der Waals surface area contributed by atoms with Crippen molar-refractivity contribution in [1.82, 2.24) is 9.88 Å². The van der Waals surface area contributed by atoms with E-state index in [-0.39, 0.29) is 25.7 Å². The summed E-state index contributed by atoms with van der Waals surface area (Å²) in [6, 6.07) is 1.54. The summed E-state index contributed by atoms with van der Waals surface area (Å²) in [6.07, 6.45) is 2.93. The van der Waals surface area contributed by atoms with Crippen molar-refractivity contribution in [1.29, 1.82) is 0 Å². The van der Waals surface area contributed by atoms with Crippen LogP contribution >= 0.6 is 0 Å². The number of ether oxygens (including phenoxy) is 1. The molecule has 0 saturated heterocycles. The Bertz CT molecular complexity index is 560. The summed E-state index contributed by atoms with van der Waals surface area (Å²) in [5, 5.41) is 8.74. The maximum atomic E-state index is 12.5. The number of aliphatic hydroxyl groups is 1. The summed E-state index contributed by atoms with van der Waals surface area (Å²) < 4.78 is 4.85. The third-order valence-electron chi connectivity index (χ3n) is 2.65. The van der Waals surface area contributed by atoms with Gasteiger partial charge in [-0.3, -0.25) is 14.6 Å². The zero-order chi connectivity index (χ0) is 15.7. The molecule has 0 saturated carbocycles. The number of hydrogen-bond donors (Lipinski definition) is 1. The Morgan fingerprint density at radius 2 is 2.19 bits per heavy atom. The lowest BCUT2D eigenvalue weighted by atomic mass is 10.1. The molecule has 0 fully saturated rings. The van der Waals surface area contributed by atoms with E-state index in [1.165, 1.54) is 23.4 Å². The van der Waals surface area contributed by atoms with E-state index >= 15 is 0 Å². The van der Waals surface area contributed by atoms with Crippen LogP contribution in [0.2, 0.25) is 0 Å². The number of aromatic nitrogens is 1. The second-order valence-electron chi connectivity index (χ2n) is 4.01. The Morgan fingerprint density at radius 1 is 1.43 bits per heavy atom. The van der Waals surface area contributed by atoms with Crippen LogP contribution in [-0.2, 0) is 9.53 Å². The minimum absolute atomic E-state index is 0.113. The molecule has 6 nitrogen and oxygen atoms in total. The van der Waals surface area contributed by atoms with Crippen LogP contribution in [0.15, 0.2) is 18.5 Å². The summed E-state index contributed by atoms with van der Waals surface area (Å²) in [7, 11) is 0. The normalized spacial score (nSPS) is 9.48. The molecular weight excluding hydrogens is 272 g/mol. The second-order valence-corrected chi connectivity index (χ2v) is 4.01. The quantitative estimate of drug-likeness (QED) is 0.629.